The van der Waals surface area contributed by atoms with Crippen molar-refractivity contribution in [1.29, 1.82) is 5.26 Å². The van der Waals surface area contributed by atoms with Crippen LogP contribution < -0.4 is 5.32 Å². The first-order chi connectivity index (χ1) is 8.67. The normalized spacial score (nSPS) is 10.7. The van der Waals surface area contributed by atoms with Crippen LogP contribution in [0.4, 0.5) is 0 Å². The van der Waals surface area contributed by atoms with E-state index in [1.165, 1.54) is 6.07 Å². The van der Waals surface area contributed by atoms with Crippen LogP contribution in [0.3, 0.4) is 0 Å². The number of rotatable bonds is 4. The minimum absolute atomic E-state index is 0.0803. The van der Waals surface area contributed by atoms with Gasteiger partial charge in [0, 0.05) is 33.2 Å². The van der Waals surface area contributed by atoms with Gasteiger partial charge in [-0.05, 0) is 22.1 Å². The topological polar surface area (TPSA) is 62.1 Å². The molecule has 0 bridgehead atoms. The molecule has 6 heteroatoms. The number of nitrogens with zero attached hydrogens (tertiary/aromatic N) is 1. The van der Waals surface area contributed by atoms with E-state index in [0.29, 0.717) is 10.6 Å². The molecule has 1 unspecified atom stereocenters. The van der Waals surface area contributed by atoms with E-state index in [2.05, 4.69) is 15.2 Å². The van der Waals surface area contributed by atoms with Gasteiger partial charge in [0.25, 0.3) is 5.91 Å². The summed E-state index contributed by atoms with van der Waals surface area (Å²) in [5.41, 5.74) is 0.367. The van der Waals surface area contributed by atoms with Crippen LogP contribution in [0, 0.1) is 21.2 Å². The summed E-state index contributed by atoms with van der Waals surface area (Å²) in [6, 6.07) is 8.24. The molecular weight excluding hydrogens is 367 g/mol. The Balaban J connectivity index is 2.62. The molecule has 0 spiro atoms. The molecule has 0 saturated carbocycles. The van der Waals surface area contributed by atoms with Crippen molar-refractivity contribution in [1.82, 2.24) is 5.32 Å². The van der Waals surface area contributed by atoms with Gasteiger partial charge in [-0.25, -0.2) is 0 Å². The molecule has 1 rings (SSSR count). The lowest BCUT2D eigenvalue weighted by molar-refractivity contribution is 0.0685. The van der Waals surface area contributed by atoms with Gasteiger partial charge in [0.15, 0.2) is 0 Å². The average molecular weight is 375 g/mol. The molecule has 0 fully saturated rings. The first-order valence-electron chi connectivity index (χ1n) is 4.83. The van der Waals surface area contributed by atoms with Crippen LogP contribution in [-0.4, -0.2) is 18.7 Å². The first-order valence-corrected chi connectivity index (χ1v) is 6.29. The van der Waals surface area contributed by atoms with E-state index in [1.807, 2.05) is 28.7 Å². The summed E-state index contributed by atoms with van der Waals surface area (Å²) < 4.78 is 7.64. The maximum Gasteiger partial charge on any atom is 0.254 e. The van der Waals surface area contributed by atoms with Crippen molar-refractivity contribution >= 4 is 40.1 Å². The summed E-state index contributed by atoms with van der Waals surface area (Å²) in [6.07, 6.45) is -1.03. The van der Waals surface area contributed by atoms with Crippen LogP contribution in [0.1, 0.15) is 10.4 Å². The van der Waals surface area contributed by atoms with Crippen molar-refractivity contribution in [3.8, 4) is 15.9 Å². The summed E-state index contributed by atoms with van der Waals surface area (Å²) >= 11 is 7.63. The molecule has 0 aliphatic rings. The van der Waals surface area contributed by atoms with E-state index in [4.69, 9.17) is 21.6 Å². The Kier molecular flexibility index (Phi) is 6.51. The number of benzene rings is 1. The van der Waals surface area contributed by atoms with Crippen molar-refractivity contribution in [2.24, 2.45) is 0 Å². The molecule has 92 valence electrons. The molecule has 1 atom stereocenters. The molecule has 0 aliphatic carbocycles. The number of nitriles is 1. The van der Waals surface area contributed by atoms with Gasteiger partial charge in [-0.3, -0.25) is 4.79 Å². The van der Waals surface area contributed by atoms with Gasteiger partial charge in [-0.15, -0.1) is 0 Å². The SMILES string of the molecule is N#CC(NC(=O)c1cccc(Cl)c1)OCC#CI. The minimum atomic E-state index is -1.03. The Morgan fingerprint density at radius 3 is 3.00 bits per heavy atom. The molecule has 4 nitrogen and oxygen atoms in total. The predicted octanol–water partition coefficient (Wildman–Crippen LogP) is 2.33. The molecule has 0 aliphatic heterocycles. The quantitative estimate of drug-likeness (QED) is 0.500. The van der Waals surface area contributed by atoms with Crippen LogP contribution in [0.25, 0.3) is 0 Å². The smallest absolute Gasteiger partial charge is 0.254 e. The Morgan fingerprint density at radius 1 is 1.61 bits per heavy atom. The molecular formula is C12H8ClIN2O2. The number of hydrogen-bond donors (Lipinski definition) is 1. The van der Waals surface area contributed by atoms with Gasteiger partial charge < -0.3 is 10.1 Å². The highest BCUT2D eigenvalue weighted by Gasteiger charge is 2.12. The van der Waals surface area contributed by atoms with Gasteiger partial charge in [-0.2, -0.15) is 5.26 Å². The average Bonchev–Trinajstić information content (AvgIpc) is 2.37. The van der Waals surface area contributed by atoms with Crippen LogP contribution in [0.15, 0.2) is 24.3 Å². The van der Waals surface area contributed by atoms with Gasteiger partial charge >= 0.3 is 0 Å². The van der Waals surface area contributed by atoms with Gasteiger partial charge in [0.05, 0.1) is 0 Å². The molecule has 18 heavy (non-hydrogen) atoms. The zero-order valence-electron chi connectivity index (χ0n) is 9.11. The summed E-state index contributed by atoms with van der Waals surface area (Å²) in [6.45, 7) is 0.0803. The van der Waals surface area contributed by atoms with E-state index in [-0.39, 0.29) is 6.61 Å². The third kappa shape index (κ3) is 4.92. The minimum Gasteiger partial charge on any atom is -0.332 e. The Morgan fingerprint density at radius 2 is 2.39 bits per heavy atom. The summed E-state index contributed by atoms with van der Waals surface area (Å²) in [5.74, 6) is 2.20. The molecule has 0 radical (unpaired) electrons. The van der Waals surface area contributed by atoms with Crippen molar-refractivity contribution < 1.29 is 9.53 Å². The largest absolute Gasteiger partial charge is 0.332 e. The highest BCUT2D eigenvalue weighted by atomic mass is 127. The summed E-state index contributed by atoms with van der Waals surface area (Å²) in [7, 11) is 0. The van der Waals surface area contributed by atoms with Gasteiger partial charge in [0.1, 0.15) is 12.7 Å². The van der Waals surface area contributed by atoms with E-state index < -0.39 is 12.1 Å². The molecule has 1 N–H and O–H groups in total. The van der Waals surface area contributed by atoms with Gasteiger partial charge in [-0.1, -0.05) is 23.6 Å². The second-order valence-corrected chi connectivity index (χ2v) is 4.05. The third-order valence-corrected chi connectivity index (χ3v) is 2.47. The number of amides is 1. The maximum atomic E-state index is 11.8. The molecule has 0 heterocycles. The number of halogens is 2. The fourth-order valence-electron chi connectivity index (χ4n) is 1.10. The first kappa shape index (κ1) is 14.8. The van der Waals surface area contributed by atoms with Crippen LogP contribution in [0.2, 0.25) is 5.02 Å². The monoisotopic (exact) mass is 374 g/mol. The fraction of sp³-hybridized carbons (Fsp3) is 0.167. The Bertz CT molecular complexity index is 531. The Labute approximate surface area is 123 Å². The lowest BCUT2D eigenvalue weighted by atomic mass is 10.2. The van der Waals surface area contributed by atoms with Gasteiger partial charge in [0.2, 0.25) is 6.23 Å². The van der Waals surface area contributed by atoms with Crippen molar-refractivity contribution in [2.45, 2.75) is 6.23 Å². The van der Waals surface area contributed by atoms with Crippen molar-refractivity contribution in [2.75, 3.05) is 6.61 Å². The highest BCUT2D eigenvalue weighted by molar-refractivity contribution is 14.1. The van der Waals surface area contributed by atoms with E-state index >= 15 is 0 Å². The Hall–Kier alpha value is -1.28. The van der Waals surface area contributed by atoms with Crippen molar-refractivity contribution in [3.05, 3.63) is 34.9 Å². The summed E-state index contributed by atoms with van der Waals surface area (Å²) in [4.78, 5) is 11.8. The van der Waals surface area contributed by atoms with E-state index in [0.717, 1.165) is 0 Å². The second kappa shape index (κ2) is 7.93. The van der Waals surface area contributed by atoms with Crippen LogP contribution >= 0.6 is 34.2 Å². The maximum absolute atomic E-state index is 11.8. The number of carbonyl (C=O) groups excluding carboxylic acids is 1. The lowest BCUT2D eigenvalue weighted by Gasteiger charge is -2.10. The summed E-state index contributed by atoms with van der Waals surface area (Å²) in [5, 5.41) is 11.7. The molecule has 1 amide bonds. The molecule has 0 aromatic heterocycles. The number of ether oxygens (including phenoxy) is 1. The van der Waals surface area contributed by atoms with E-state index in [1.54, 1.807) is 18.2 Å². The predicted molar refractivity (Wildman–Crippen MR) is 76.1 cm³/mol. The molecule has 1 aromatic rings. The lowest BCUT2D eigenvalue weighted by Crippen LogP contribution is -2.35. The number of hydrogen-bond acceptors (Lipinski definition) is 3. The standard InChI is InChI=1S/C12H8ClIN2O2/c13-10-4-1-3-9(7-10)12(17)16-11(8-15)18-6-2-5-14/h1,3-4,7,11H,6H2,(H,16,17). The van der Waals surface area contributed by atoms with Crippen LogP contribution in [0.5, 0.6) is 0 Å². The number of carbonyl (C=O) groups is 1. The number of nitrogens with one attached hydrogen (secondary N) is 1. The zero-order chi connectivity index (χ0) is 13.4. The van der Waals surface area contributed by atoms with E-state index in [9.17, 15) is 4.79 Å². The zero-order valence-corrected chi connectivity index (χ0v) is 12.0. The molecule has 1 aromatic carbocycles. The second-order valence-electron chi connectivity index (χ2n) is 3.08. The molecule has 0 saturated heterocycles. The van der Waals surface area contributed by atoms with Crippen molar-refractivity contribution in [3.63, 3.8) is 0 Å². The van der Waals surface area contributed by atoms with Crippen LogP contribution in [-0.2, 0) is 4.74 Å². The highest BCUT2D eigenvalue weighted by Crippen LogP contribution is 2.10. The fourth-order valence-corrected chi connectivity index (χ4v) is 1.44. The third-order valence-electron chi connectivity index (χ3n) is 1.86.